The van der Waals surface area contributed by atoms with E-state index in [4.69, 9.17) is 9.52 Å². The Kier molecular flexibility index (Phi) is 5.25. The number of carbonyl (C=O) groups is 1. The van der Waals surface area contributed by atoms with E-state index in [1.807, 2.05) is 0 Å². The van der Waals surface area contributed by atoms with Crippen molar-refractivity contribution in [3.05, 3.63) is 48.3 Å². The molecule has 11 heteroatoms. The molecule has 0 aliphatic carbocycles. The van der Waals surface area contributed by atoms with Gasteiger partial charge in [0.25, 0.3) is 0 Å². The molecule has 0 radical (unpaired) electrons. The van der Waals surface area contributed by atoms with Crippen molar-refractivity contribution in [3.8, 4) is 5.69 Å². The van der Waals surface area contributed by atoms with Crippen LogP contribution in [-0.2, 0) is 21.4 Å². The van der Waals surface area contributed by atoms with E-state index in [1.54, 1.807) is 38.2 Å². The molecule has 4 aromatic rings. The maximum absolute atomic E-state index is 12.8. The fraction of sp³-hybridized carbons (Fsp3) is 0.250. The van der Waals surface area contributed by atoms with Gasteiger partial charge in [-0.1, -0.05) is 19.1 Å². The Bertz CT molecular complexity index is 1390. The Morgan fingerprint density at radius 1 is 1.16 bits per heavy atom. The van der Waals surface area contributed by atoms with Gasteiger partial charge in [-0.25, -0.2) is 13.1 Å². The first-order valence-corrected chi connectivity index (χ1v) is 10.9. The molecule has 0 unspecified atom stereocenters. The minimum absolute atomic E-state index is 0.0532. The molecule has 0 saturated carbocycles. The number of furan rings is 1. The third kappa shape index (κ3) is 3.90. The Hall–Kier alpha value is -3.28. The highest BCUT2D eigenvalue weighted by atomic mass is 32.2. The lowest BCUT2D eigenvalue weighted by Crippen LogP contribution is -2.44. The van der Waals surface area contributed by atoms with Gasteiger partial charge in [-0.05, 0) is 36.2 Å². The van der Waals surface area contributed by atoms with Crippen molar-refractivity contribution in [3.63, 3.8) is 0 Å². The molecule has 0 aliphatic heterocycles. The van der Waals surface area contributed by atoms with Crippen molar-refractivity contribution >= 4 is 37.9 Å². The summed E-state index contributed by atoms with van der Waals surface area (Å²) in [6.07, 6.45) is 1.59. The van der Waals surface area contributed by atoms with Crippen LogP contribution in [-0.4, -0.2) is 45.6 Å². The van der Waals surface area contributed by atoms with E-state index in [9.17, 15) is 18.3 Å². The molecule has 0 fully saturated rings. The van der Waals surface area contributed by atoms with Crippen molar-refractivity contribution in [2.75, 3.05) is 0 Å². The Balaban J connectivity index is 1.75. The van der Waals surface area contributed by atoms with Crippen LogP contribution in [0.3, 0.4) is 0 Å². The molecule has 4 rings (SSSR count). The number of nitrogens with zero attached hydrogens (tertiary/aromatic N) is 3. The van der Waals surface area contributed by atoms with Crippen molar-refractivity contribution in [1.82, 2.24) is 19.7 Å². The van der Waals surface area contributed by atoms with Gasteiger partial charge in [-0.15, -0.1) is 5.10 Å². The second-order valence-electron chi connectivity index (χ2n) is 7.43. The maximum Gasteiger partial charge on any atom is 0.322 e. The summed E-state index contributed by atoms with van der Waals surface area (Å²) in [7, 11) is -4.06. The average molecular weight is 444 g/mol. The fourth-order valence-corrected chi connectivity index (χ4v) is 4.62. The molecule has 0 spiro atoms. The predicted molar refractivity (Wildman–Crippen MR) is 111 cm³/mol. The summed E-state index contributed by atoms with van der Waals surface area (Å²) in [6, 6.07) is 8.40. The van der Waals surface area contributed by atoms with Gasteiger partial charge in [0.05, 0.1) is 23.4 Å². The number of aromatic nitrogens is 3. The molecule has 0 amide bonds. The van der Waals surface area contributed by atoms with Gasteiger partial charge in [-0.2, -0.15) is 4.72 Å². The van der Waals surface area contributed by atoms with Gasteiger partial charge < -0.3 is 14.6 Å². The Labute approximate surface area is 177 Å². The number of aliphatic carboxylic acids is 1. The fourth-order valence-electron chi connectivity index (χ4n) is 3.26. The third-order valence-electron chi connectivity index (χ3n) is 4.92. The minimum Gasteiger partial charge on any atom is -0.480 e. The van der Waals surface area contributed by atoms with Crippen LogP contribution < -0.4 is 4.72 Å². The van der Waals surface area contributed by atoms with E-state index in [1.165, 1.54) is 22.9 Å². The Morgan fingerprint density at radius 3 is 2.58 bits per heavy atom. The molecule has 0 aliphatic rings. The highest BCUT2D eigenvalue weighted by Gasteiger charge is 2.28. The molecule has 162 valence electrons. The zero-order valence-corrected chi connectivity index (χ0v) is 17.5. The van der Waals surface area contributed by atoms with E-state index < -0.39 is 28.0 Å². The number of rotatable bonds is 7. The summed E-state index contributed by atoms with van der Waals surface area (Å²) < 4.78 is 35.2. The topological polar surface area (TPSA) is 148 Å². The number of carboxylic acid groups (broad SMARTS) is 1. The number of carboxylic acids is 1. The monoisotopic (exact) mass is 444 g/mol. The summed E-state index contributed by atoms with van der Waals surface area (Å²) in [6.45, 7) is 3.03. The number of sulfonamides is 1. The van der Waals surface area contributed by atoms with Crippen molar-refractivity contribution in [2.45, 2.75) is 31.4 Å². The second-order valence-corrected chi connectivity index (χ2v) is 9.15. The quantitative estimate of drug-likeness (QED) is 0.392. The minimum atomic E-state index is -4.06. The van der Waals surface area contributed by atoms with Crippen molar-refractivity contribution in [2.24, 2.45) is 5.92 Å². The Morgan fingerprint density at radius 2 is 1.94 bits per heavy atom. The van der Waals surface area contributed by atoms with E-state index in [2.05, 4.69) is 15.0 Å². The molecule has 2 heterocycles. The smallest absolute Gasteiger partial charge is 0.322 e. The largest absolute Gasteiger partial charge is 0.480 e. The van der Waals surface area contributed by atoms with Crippen molar-refractivity contribution in [1.29, 1.82) is 0 Å². The average Bonchev–Trinajstić information content (AvgIpc) is 3.35. The van der Waals surface area contributed by atoms with Gasteiger partial charge in [0.1, 0.15) is 22.9 Å². The van der Waals surface area contributed by atoms with Crippen molar-refractivity contribution < 1.29 is 27.8 Å². The number of aliphatic hydroxyl groups excluding tert-OH is 1. The molecule has 1 atom stereocenters. The van der Waals surface area contributed by atoms with E-state index in [-0.39, 0.29) is 11.5 Å². The van der Waals surface area contributed by atoms with Gasteiger partial charge in [-0.3, -0.25) is 4.79 Å². The number of hydrogen-bond donors (Lipinski definition) is 3. The number of aliphatic hydroxyl groups is 1. The van der Waals surface area contributed by atoms with E-state index in [0.717, 1.165) is 0 Å². The number of benzene rings is 2. The standard InChI is InChI=1S/C20H20N4O6S/c1-11(2)19(20(26)27)22-31(28,29)14-4-6-17-16(8-14)15-5-3-13(7-18(15)30-17)24-9-12(10-25)21-23-24/h3-9,11,19,22,25H,10H2,1-2H3,(H,26,27)/t19-/m1/s1. The summed E-state index contributed by atoms with van der Waals surface area (Å²) >= 11 is 0. The molecular formula is C20H20N4O6S. The molecule has 2 aromatic carbocycles. The molecule has 0 bridgehead atoms. The molecule has 3 N–H and O–H groups in total. The number of hydrogen-bond acceptors (Lipinski definition) is 7. The lowest BCUT2D eigenvalue weighted by atomic mass is 10.1. The zero-order chi connectivity index (χ0) is 22.3. The van der Waals surface area contributed by atoms with Gasteiger partial charge >= 0.3 is 5.97 Å². The lowest BCUT2D eigenvalue weighted by molar-refractivity contribution is -0.140. The first-order valence-electron chi connectivity index (χ1n) is 9.43. The van der Waals surface area contributed by atoms with Crippen LogP contribution in [0.15, 0.2) is 51.9 Å². The van der Waals surface area contributed by atoms with Crippen LogP contribution in [0.4, 0.5) is 0 Å². The number of nitrogens with one attached hydrogen (secondary N) is 1. The van der Waals surface area contributed by atoms with Crippen LogP contribution in [0.5, 0.6) is 0 Å². The first-order chi connectivity index (χ1) is 14.7. The highest BCUT2D eigenvalue weighted by molar-refractivity contribution is 7.89. The highest BCUT2D eigenvalue weighted by Crippen LogP contribution is 2.32. The second kappa shape index (κ2) is 7.76. The van der Waals surface area contributed by atoms with Gasteiger partial charge in [0.2, 0.25) is 10.0 Å². The van der Waals surface area contributed by atoms with E-state index in [0.29, 0.717) is 33.3 Å². The SMILES string of the molecule is CC(C)[C@@H](NS(=O)(=O)c1ccc2oc3cc(-n4cc(CO)nn4)ccc3c2c1)C(=O)O. The first kappa shape index (κ1) is 21.0. The summed E-state index contributed by atoms with van der Waals surface area (Å²) in [4.78, 5) is 11.3. The summed E-state index contributed by atoms with van der Waals surface area (Å²) in [5.41, 5.74) is 2.09. The van der Waals surface area contributed by atoms with Crippen LogP contribution in [0.2, 0.25) is 0 Å². The van der Waals surface area contributed by atoms with Crippen LogP contribution >= 0.6 is 0 Å². The van der Waals surface area contributed by atoms with Gasteiger partial charge in [0.15, 0.2) is 0 Å². The van der Waals surface area contributed by atoms with E-state index >= 15 is 0 Å². The van der Waals surface area contributed by atoms with Crippen LogP contribution in [0.1, 0.15) is 19.5 Å². The van der Waals surface area contributed by atoms with Crippen LogP contribution in [0.25, 0.3) is 27.6 Å². The number of fused-ring (bicyclic) bond motifs is 3. The summed E-state index contributed by atoms with van der Waals surface area (Å²) in [5, 5.41) is 27.5. The zero-order valence-electron chi connectivity index (χ0n) is 16.7. The molecule has 31 heavy (non-hydrogen) atoms. The third-order valence-corrected chi connectivity index (χ3v) is 6.36. The normalized spacial score (nSPS) is 13.3. The molecule has 2 aromatic heterocycles. The molecule has 10 nitrogen and oxygen atoms in total. The van der Waals surface area contributed by atoms with Gasteiger partial charge in [0, 0.05) is 16.8 Å². The lowest BCUT2D eigenvalue weighted by Gasteiger charge is -2.17. The molecule has 0 saturated heterocycles. The maximum atomic E-state index is 12.8. The summed E-state index contributed by atoms with van der Waals surface area (Å²) in [5.74, 6) is -1.66. The van der Waals surface area contributed by atoms with Crippen LogP contribution in [0, 0.1) is 5.92 Å². The predicted octanol–water partition coefficient (Wildman–Crippen LogP) is 2.05. The molecular weight excluding hydrogens is 424 g/mol.